The molecule has 2 rings (SSSR count). The number of halogens is 1. The van der Waals surface area contributed by atoms with Crippen LogP contribution in [-0.4, -0.2) is 25.2 Å². The van der Waals surface area contributed by atoms with Crippen molar-refractivity contribution in [3.05, 3.63) is 29.3 Å². The summed E-state index contributed by atoms with van der Waals surface area (Å²) in [5.74, 6) is 0.644. The van der Waals surface area contributed by atoms with Crippen LogP contribution in [0.15, 0.2) is 24.3 Å². The average Bonchev–Trinajstić information content (AvgIpc) is 2.39. The highest BCUT2D eigenvalue weighted by Crippen LogP contribution is 2.26. The molecule has 3 heteroatoms. The highest BCUT2D eigenvalue weighted by Gasteiger charge is 2.29. The van der Waals surface area contributed by atoms with Crippen LogP contribution in [0.5, 0.6) is 0 Å². The summed E-state index contributed by atoms with van der Waals surface area (Å²) in [5.41, 5.74) is 1.30. The molecule has 0 saturated carbocycles. The molecule has 2 atom stereocenters. The van der Waals surface area contributed by atoms with Gasteiger partial charge in [0.05, 0.1) is 0 Å². The quantitative estimate of drug-likeness (QED) is 0.899. The lowest BCUT2D eigenvalue weighted by atomic mass is 9.96. The number of hydrogen-bond acceptors (Lipinski definition) is 2. The zero-order chi connectivity index (χ0) is 13.8. The second kappa shape index (κ2) is 6.62. The van der Waals surface area contributed by atoms with E-state index in [1.165, 1.54) is 18.5 Å². The standard InChI is InChI=1S/C16H25ClN2/c1-4-5-14-11-19(16(10-18-14)12(2)3)15-8-6-13(17)7-9-15/h6-9,12,14,16,18H,4-5,10-11H2,1-3H3. The zero-order valence-corrected chi connectivity index (χ0v) is 13.0. The maximum Gasteiger partial charge on any atom is 0.0438 e. The maximum absolute atomic E-state index is 6.00. The summed E-state index contributed by atoms with van der Waals surface area (Å²) in [6.07, 6.45) is 2.48. The minimum Gasteiger partial charge on any atom is -0.365 e. The van der Waals surface area contributed by atoms with E-state index in [-0.39, 0.29) is 0 Å². The first-order chi connectivity index (χ1) is 9.11. The Morgan fingerprint density at radius 1 is 1.32 bits per heavy atom. The second-order valence-corrected chi connectivity index (χ2v) is 6.27. The Kier molecular flexibility index (Phi) is 5.12. The van der Waals surface area contributed by atoms with Gasteiger partial charge in [0, 0.05) is 35.9 Å². The van der Waals surface area contributed by atoms with E-state index in [2.05, 4.69) is 43.1 Å². The molecule has 1 N–H and O–H groups in total. The molecule has 19 heavy (non-hydrogen) atoms. The van der Waals surface area contributed by atoms with E-state index in [1.807, 2.05) is 12.1 Å². The number of rotatable bonds is 4. The van der Waals surface area contributed by atoms with Crippen LogP contribution in [0.25, 0.3) is 0 Å². The third-order valence-corrected chi connectivity index (χ3v) is 4.25. The van der Waals surface area contributed by atoms with Crippen molar-refractivity contribution in [3.8, 4) is 0 Å². The summed E-state index contributed by atoms with van der Waals surface area (Å²) in [5, 5.41) is 4.51. The van der Waals surface area contributed by atoms with Gasteiger partial charge >= 0.3 is 0 Å². The Morgan fingerprint density at radius 2 is 2.00 bits per heavy atom. The van der Waals surface area contributed by atoms with E-state index in [9.17, 15) is 0 Å². The Bertz CT molecular complexity index is 388. The van der Waals surface area contributed by atoms with Gasteiger partial charge in [0.2, 0.25) is 0 Å². The van der Waals surface area contributed by atoms with E-state index in [0.717, 1.165) is 18.1 Å². The molecule has 2 nitrogen and oxygen atoms in total. The molecule has 0 aromatic heterocycles. The van der Waals surface area contributed by atoms with Crippen LogP contribution >= 0.6 is 11.6 Å². The van der Waals surface area contributed by atoms with Crippen LogP contribution in [0.4, 0.5) is 5.69 Å². The fraction of sp³-hybridized carbons (Fsp3) is 0.625. The Hall–Kier alpha value is -0.730. The molecule has 2 unspecified atom stereocenters. The van der Waals surface area contributed by atoms with Gasteiger partial charge in [0.15, 0.2) is 0 Å². The predicted octanol–water partition coefficient (Wildman–Crippen LogP) is 3.94. The summed E-state index contributed by atoms with van der Waals surface area (Å²) in [6, 6.07) is 9.44. The molecule has 0 amide bonds. The molecule has 0 spiro atoms. The van der Waals surface area contributed by atoms with Crippen LogP contribution < -0.4 is 10.2 Å². The van der Waals surface area contributed by atoms with Crippen LogP contribution in [0.3, 0.4) is 0 Å². The summed E-state index contributed by atoms with van der Waals surface area (Å²) in [4.78, 5) is 2.55. The van der Waals surface area contributed by atoms with Crippen molar-refractivity contribution in [2.24, 2.45) is 5.92 Å². The predicted molar refractivity (Wildman–Crippen MR) is 84.1 cm³/mol. The molecule has 106 valence electrons. The number of benzene rings is 1. The molecule has 1 fully saturated rings. The molecule has 1 aromatic carbocycles. The lowest BCUT2D eigenvalue weighted by Crippen LogP contribution is -2.58. The monoisotopic (exact) mass is 280 g/mol. The van der Waals surface area contributed by atoms with Crippen molar-refractivity contribution >= 4 is 17.3 Å². The number of hydrogen-bond donors (Lipinski definition) is 1. The third-order valence-electron chi connectivity index (χ3n) is 4.00. The number of anilines is 1. The Labute approximate surface area is 122 Å². The van der Waals surface area contributed by atoms with Crippen LogP contribution in [0.1, 0.15) is 33.6 Å². The van der Waals surface area contributed by atoms with E-state index < -0.39 is 0 Å². The van der Waals surface area contributed by atoms with Gasteiger partial charge in [-0.15, -0.1) is 0 Å². The van der Waals surface area contributed by atoms with Crippen molar-refractivity contribution in [3.63, 3.8) is 0 Å². The molecule has 1 heterocycles. The van der Waals surface area contributed by atoms with E-state index >= 15 is 0 Å². The average molecular weight is 281 g/mol. The van der Waals surface area contributed by atoms with E-state index in [1.54, 1.807) is 0 Å². The van der Waals surface area contributed by atoms with Gasteiger partial charge in [-0.3, -0.25) is 0 Å². The molecule has 1 aliphatic rings. The molecule has 0 bridgehead atoms. The van der Waals surface area contributed by atoms with Crippen molar-refractivity contribution in [2.75, 3.05) is 18.0 Å². The molecule has 1 saturated heterocycles. The fourth-order valence-electron chi connectivity index (χ4n) is 2.90. The van der Waals surface area contributed by atoms with Crippen molar-refractivity contribution in [1.82, 2.24) is 5.32 Å². The van der Waals surface area contributed by atoms with E-state index in [4.69, 9.17) is 11.6 Å². The van der Waals surface area contributed by atoms with E-state index in [0.29, 0.717) is 18.0 Å². The minimum atomic E-state index is 0.564. The van der Waals surface area contributed by atoms with Gasteiger partial charge in [-0.1, -0.05) is 38.8 Å². The van der Waals surface area contributed by atoms with Crippen molar-refractivity contribution in [2.45, 2.75) is 45.7 Å². The van der Waals surface area contributed by atoms with Gasteiger partial charge in [0.25, 0.3) is 0 Å². The smallest absolute Gasteiger partial charge is 0.0438 e. The zero-order valence-electron chi connectivity index (χ0n) is 12.2. The summed E-state index contributed by atoms with van der Waals surface area (Å²) >= 11 is 6.00. The number of nitrogens with one attached hydrogen (secondary N) is 1. The molecular weight excluding hydrogens is 256 g/mol. The van der Waals surface area contributed by atoms with Gasteiger partial charge in [-0.25, -0.2) is 0 Å². The first-order valence-corrected chi connectivity index (χ1v) is 7.75. The van der Waals surface area contributed by atoms with Crippen molar-refractivity contribution in [1.29, 1.82) is 0 Å². The Morgan fingerprint density at radius 3 is 2.58 bits per heavy atom. The Balaban J connectivity index is 2.17. The maximum atomic E-state index is 6.00. The first-order valence-electron chi connectivity index (χ1n) is 7.37. The fourth-order valence-corrected chi connectivity index (χ4v) is 3.03. The lowest BCUT2D eigenvalue weighted by molar-refractivity contribution is 0.327. The second-order valence-electron chi connectivity index (χ2n) is 5.83. The van der Waals surface area contributed by atoms with Gasteiger partial charge in [0.1, 0.15) is 0 Å². The largest absolute Gasteiger partial charge is 0.365 e. The van der Waals surface area contributed by atoms with Crippen LogP contribution in [0.2, 0.25) is 5.02 Å². The molecular formula is C16H25ClN2. The highest BCUT2D eigenvalue weighted by atomic mass is 35.5. The normalized spacial score (nSPS) is 23.9. The molecule has 0 radical (unpaired) electrons. The summed E-state index contributed by atoms with van der Waals surface area (Å²) in [7, 11) is 0. The molecule has 1 aromatic rings. The SMILES string of the molecule is CCCC1CN(c2ccc(Cl)cc2)C(C(C)C)CN1. The van der Waals surface area contributed by atoms with Gasteiger partial charge in [-0.2, -0.15) is 0 Å². The summed E-state index contributed by atoms with van der Waals surface area (Å²) in [6.45, 7) is 9.02. The van der Waals surface area contributed by atoms with Gasteiger partial charge in [-0.05, 0) is 36.6 Å². The lowest BCUT2D eigenvalue weighted by Gasteiger charge is -2.44. The molecule has 1 aliphatic heterocycles. The minimum absolute atomic E-state index is 0.564. The first kappa shape index (κ1) is 14.7. The van der Waals surface area contributed by atoms with Gasteiger partial charge < -0.3 is 10.2 Å². The molecule has 0 aliphatic carbocycles. The number of piperazine rings is 1. The summed E-state index contributed by atoms with van der Waals surface area (Å²) < 4.78 is 0. The van der Waals surface area contributed by atoms with Crippen LogP contribution in [0, 0.1) is 5.92 Å². The van der Waals surface area contributed by atoms with Crippen molar-refractivity contribution < 1.29 is 0 Å². The topological polar surface area (TPSA) is 15.3 Å². The third kappa shape index (κ3) is 3.64. The number of nitrogens with zero attached hydrogens (tertiary/aromatic N) is 1. The highest BCUT2D eigenvalue weighted by molar-refractivity contribution is 6.30. The van der Waals surface area contributed by atoms with Crippen LogP contribution in [-0.2, 0) is 0 Å².